The molecule has 0 aliphatic heterocycles. The highest BCUT2D eigenvalue weighted by Crippen LogP contribution is 2.28. The summed E-state index contributed by atoms with van der Waals surface area (Å²) in [5.74, 6) is 0. The van der Waals surface area contributed by atoms with Crippen molar-refractivity contribution in [2.45, 2.75) is 6.54 Å². The van der Waals surface area contributed by atoms with Gasteiger partial charge in [0.25, 0.3) is 5.56 Å². The highest BCUT2D eigenvalue weighted by Gasteiger charge is 2.16. The zero-order valence-corrected chi connectivity index (χ0v) is 14.2. The molecule has 0 atom stereocenters. The van der Waals surface area contributed by atoms with E-state index in [4.69, 9.17) is 11.6 Å². The first-order chi connectivity index (χ1) is 11.5. The van der Waals surface area contributed by atoms with Crippen molar-refractivity contribution in [3.63, 3.8) is 0 Å². The Morgan fingerprint density at radius 3 is 2.46 bits per heavy atom. The first-order valence-corrected chi connectivity index (χ1v) is 7.93. The molecule has 2 aromatic carbocycles. The van der Waals surface area contributed by atoms with Gasteiger partial charge >= 0.3 is 0 Å². The standard InChI is InChI=1S/C19H17ClN2O2/c1-21(2)14-8-9-15-17(10-14)22(11-13-6-4-3-5-7-13)19(24)16(12-23)18(15)20/h3-10,12H,11H2,1-2H3. The fourth-order valence-electron chi connectivity index (χ4n) is 2.73. The van der Waals surface area contributed by atoms with E-state index in [1.54, 1.807) is 4.57 Å². The van der Waals surface area contributed by atoms with E-state index in [9.17, 15) is 9.59 Å². The van der Waals surface area contributed by atoms with Gasteiger partial charge in [0.2, 0.25) is 0 Å². The molecule has 0 fully saturated rings. The molecule has 3 rings (SSSR count). The lowest BCUT2D eigenvalue weighted by Gasteiger charge is -2.17. The van der Waals surface area contributed by atoms with Gasteiger partial charge in [0, 0.05) is 25.2 Å². The molecule has 0 saturated heterocycles. The number of hydrogen-bond acceptors (Lipinski definition) is 3. The largest absolute Gasteiger partial charge is 0.378 e. The van der Waals surface area contributed by atoms with Gasteiger partial charge in [-0.25, -0.2) is 0 Å². The van der Waals surface area contributed by atoms with Gasteiger partial charge in [-0.1, -0.05) is 41.9 Å². The molecule has 1 aromatic heterocycles. The Hall–Kier alpha value is -2.59. The van der Waals surface area contributed by atoms with Crippen LogP contribution >= 0.6 is 11.6 Å². The summed E-state index contributed by atoms with van der Waals surface area (Å²) in [7, 11) is 3.87. The van der Waals surface area contributed by atoms with Crippen molar-refractivity contribution >= 4 is 34.5 Å². The van der Waals surface area contributed by atoms with E-state index >= 15 is 0 Å². The zero-order valence-electron chi connectivity index (χ0n) is 13.5. The van der Waals surface area contributed by atoms with Crippen LogP contribution in [-0.2, 0) is 6.54 Å². The topological polar surface area (TPSA) is 42.3 Å². The fraction of sp³-hybridized carbons (Fsp3) is 0.158. The van der Waals surface area contributed by atoms with E-state index in [-0.39, 0.29) is 16.1 Å². The maximum absolute atomic E-state index is 12.8. The molecule has 0 radical (unpaired) electrons. The molecule has 0 spiro atoms. The van der Waals surface area contributed by atoms with Crippen LogP contribution in [-0.4, -0.2) is 24.9 Å². The second-order valence-electron chi connectivity index (χ2n) is 5.82. The van der Waals surface area contributed by atoms with Crippen LogP contribution in [0.1, 0.15) is 15.9 Å². The number of nitrogens with zero attached hydrogens (tertiary/aromatic N) is 2. The van der Waals surface area contributed by atoms with Crippen molar-refractivity contribution in [2.75, 3.05) is 19.0 Å². The van der Waals surface area contributed by atoms with Crippen LogP contribution in [0.3, 0.4) is 0 Å². The fourth-order valence-corrected chi connectivity index (χ4v) is 3.01. The van der Waals surface area contributed by atoms with Gasteiger partial charge in [0.1, 0.15) is 0 Å². The summed E-state index contributed by atoms with van der Waals surface area (Å²) in [4.78, 5) is 26.1. The highest BCUT2D eigenvalue weighted by molar-refractivity contribution is 6.37. The van der Waals surface area contributed by atoms with E-state index in [0.717, 1.165) is 11.3 Å². The number of hydrogen-bond donors (Lipinski definition) is 0. The predicted octanol–water partition coefficient (Wildman–Crippen LogP) is 3.58. The summed E-state index contributed by atoms with van der Waals surface area (Å²) in [6, 6.07) is 15.3. The number of fused-ring (bicyclic) bond motifs is 1. The van der Waals surface area contributed by atoms with E-state index in [0.29, 0.717) is 23.7 Å². The summed E-state index contributed by atoms with van der Waals surface area (Å²) in [6.07, 6.45) is 0.533. The van der Waals surface area contributed by atoms with Gasteiger partial charge in [-0.05, 0) is 23.8 Å². The minimum atomic E-state index is -0.373. The number of aldehydes is 1. The van der Waals surface area contributed by atoms with Crippen molar-refractivity contribution in [3.05, 3.63) is 75.0 Å². The Kier molecular flexibility index (Phi) is 4.40. The highest BCUT2D eigenvalue weighted by atomic mass is 35.5. The molecule has 0 amide bonds. The molecule has 1 heterocycles. The number of pyridine rings is 1. The summed E-state index contributed by atoms with van der Waals surface area (Å²) in [6.45, 7) is 0.380. The lowest BCUT2D eigenvalue weighted by molar-refractivity contribution is 0.112. The van der Waals surface area contributed by atoms with Crippen LogP contribution in [0, 0.1) is 0 Å². The van der Waals surface area contributed by atoms with Gasteiger partial charge in [-0.15, -0.1) is 0 Å². The lowest BCUT2D eigenvalue weighted by Crippen LogP contribution is -2.25. The van der Waals surface area contributed by atoms with Gasteiger partial charge in [-0.3, -0.25) is 9.59 Å². The number of benzene rings is 2. The smallest absolute Gasteiger partial charge is 0.263 e. The van der Waals surface area contributed by atoms with Crippen LogP contribution in [0.4, 0.5) is 5.69 Å². The van der Waals surface area contributed by atoms with E-state index < -0.39 is 0 Å². The summed E-state index contributed by atoms with van der Waals surface area (Å²) < 4.78 is 1.60. The normalized spacial score (nSPS) is 10.8. The summed E-state index contributed by atoms with van der Waals surface area (Å²) >= 11 is 6.30. The van der Waals surface area contributed by atoms with Crippen molar-refractivity contribution in [1.29, 1.82) is 0 Å². The lowest BCUT2D eigenvalue weighted by atomic mass is 10.1. The maximum atomic E-state index is 12.8. The van der Waals surface area contributed by atoms with E-state index in [2.05, 4.69) is 0 Å². The molecule has 122 valence electrons. The van der Waals surface area contributed by atoms with Crippen molar-refractivity contribution in [2.24, 2.45) is 0 Å². The molecular formula is C19H17ClN2O2. The van der Waals surface area contributed by atoms with Gasteiger partial charge < -0.3 is 9.47 Å². The number of halogens is 1. The molecule has 24 heavy (non-hydrogen) atoms. The van der Waals surface area contributed by atoms with Crippen molar-refractivity contribution in [3.8, 4) is 0 Å². The first kappa shape index (κ1) is 16.3. The van der Waals surface area contributed by atoms with Gasteiger partial charge in [-0.2, -0.15) is 0 Å². The van der Waals surface area contributed by atoms with Crippen LogP contribution in [0.5, 0.6) is 0 Å². The Labute approximate surface area is 144 Å². The molecule has 0 aliphatic rings. The Morgan fingerprint density at radius 2 is 1.83 bits per heavy atom. The minimum Gasteiger partial charge on any atom is -0.378 e. The van der Waals surface area contributed by atoms with E-state index in [1.807, 2.05) is 67.5 Å². The summed E-state index contributed by atoms with van der Waals surface area (Å²) in [5.41, 5.74) is 2.28. The second kappa shape index (κ2) is 6.49. The molecule has 0 saturated carbocycles. The van der Waals surface area contributed by atoms with Gasteiger partial charge in [0.15, 0.2) is 6.29 Å². The van der Waals surface area contributed by atoms with Crippen LogP contribution in [0.25, 0.3) is 10.9 Å². The quantitative estimate of drug-likeness (QED) is 0.682. The number of carbonyl (C=O) groups excluding carboxylic acids is 1. The van der Waals surface area contributed by atoms with Crippen LogP contribution in [0.15, 0.2) is 53.3 Å². The third-order valence-electron chi connectivity index (χ3n) is 4.04. The molecule has 0 bridgehead atoms. The number of carbonyl (C=O) groups is 1. The molecule has 4 nitrogen and oxygen atoms in total. The maximum Gasteiger partial charge on any atom is 0.263 e. The predicted molar refractivity (Wildman–Crippen MR) is 98.5 cm³/mol. The minimum absolute atomic E-state index is 0.00213. The third kappa shape index (κ3) is 2.81. The Balaban J connectivity index is 2.33. The molecule has 3 aromatic rings. The summed E-state index contributed by atoms with van der Waals surface area (Å²) in [5, 5.41) is 0.902. The molecule has 0 aliphatic carbocycles. The molecular weight excluding hydrogens is 324 g/mol. The molecule has 0 N–H and O–H groups in total. The SMILES string of the molecule is CN(C)c1ccc2c(Cl)c(C=O)c(=O)n(Cc3ccccc3)c2c1. The Morgan fingerprint density at radius 1 is 1.12 bits per heavy atom. The van der Waals surface area contributed by atoms with Crippen molar-refractivity contribution in [1.82, 2.24) is 4.57 Å². The van der Waals surface area contributed by atoms with Crippen molar-refractivity contribution < 1.29 is 4.79 Å². The molecule has 5 heteroatoms. The molecule has 0 unspecified atom stereocenters. The number of aromatic nitrogens is 1. The number of rotatable bonds is 4. The third-order valence-corrected chi connectivity index (χ3v) is 4.45. The monoisotopic (exact) mass is 340 g/mol. The van der Waals surface area contributed by atoms with E-state index in [1.165, 1.54) is 0 Å². The van der Waals surface area contributed by atoms with Crippen LogP contribution in [0.2, 0.25) is 5.02 Å². The number of anilines is 1. The average molecular weight is 341 g/mol. The first-order valence-electron chi connectivity index (χ1n) is 7.55. The van der Waals surface area contributed by atoms with Crippen LogP contribution < -0.4 is 10.5 Å². The van der Waals surface area contributed by atoms with Gasteiger partial charge in [0.05, 0.1) is 22.6 Å². The second-order valence-corrected chi connectivity index (χ2v) is 6.20. The zero-order chi connectivity index (χ0) is 17.3. The average Bonchev–Trinajstić information content (AvgIpc) is 2.59. The Bertz CT molecular complexity index is 963.